The van der Waals surface area contributed by atoms with E-state index in [1.165, 1.54) is 29.8 Å². The summed E-state index contributed by atoms with van der Waals surface area (Å²) < 4.78 is 0. The van der Waals surface area contributed by atoms with Crippen molar-refractivity contribution in [3.05, 3.63) is 142 Å². The first-order valence-electron chi connectivity index (χ1n) is 11.7. The molecule has 182 valence electrons. The summed E-state index contributed by atoms with van der Waals surface area (Å²) >= 11 is 0. The smallest absolute Gasteiger partial charge is 0.267 e. The highest BCUT2D eigenvalue weighted by molar-refractivity contribution is 6.03. The van der Waals surface area contributed by atoms with E-state index in [0.717, 1.165) is 28.9 Å². The SMILES string of the molecule is O=C(N/N=C\c1ccc(N2N=C(c3ccccc3)C[C@H]2c2ccccc2)cc1)c1ccc([N+](=O)[O-])cc1. The molecule has 0 saturated carbocycles. The molecule has 0 spiro atoms. The molecule has 1 aliphatic heterocycles. The highest BCUT2D eigenvalue weighted by Crippen LogP contribution is 2.36. The highest BCUT2D eigenvalue weighted by Gasteiger charge is 2.29. The Morgan fingerprint density at radius 1 is 0.919 bits per heavy atom. The zero-order valence-corrected chi connectivity index (χ0v) is 19.8. The summed E-state index contributed by atoms with van der Waals surface area (Å²) in [6, 6.07) is 33.7. The van der Waals surface area contributed by atoms with Crippen molar-refractivity contribution in [1.82, 2.24) is 5.43 Å². The van der Waals surface area contributed by atoms with Gasteiger partial charge in [0.1, 0.15) is 0 Å². The Morgan fingerprint density at radius 3 is 2.22 bits per heavy atom. The Kier molecular flexibility index (Phi) is 6.80. The molecule has 0 aliphatic carbocycles. The van der Waals surface area contributed by atoms with Gasteiger partial charge in [0.25, 0.3) is 11.6 Å². The second-order valence-corrected chi connectivity index (χ2v) is 8.48. The molecule has 1 aliphatic rings. The quantitative estimate of drug-likeness (QED) is 0.204. The van der Waals surface area contributed by atoms with Crippen LogP contribution in [0.1, 0.15) is 39.5 Å². The minimum atomic E-state index is -0.512. The fraction of sp³-hybridized carbons (Fsp3) is 0.0690. The molecular formula is C29H23N5O3. The number of carbonyl (C=O) groups excluding carboxylic acids is 1. The maximum absolute atomic E-state index is 12.2. The zero-order chi connectivity index (χ0) is 25.6. The van der Waals surface area contributed by atoms with Crippen molar-refractivity contribution >= 4 is 29.2 Å². The van der Waals surface area contributed by atoms with Gasteiger partial charge in [-0.05, 0) is 41.0 Å². The standard InChI is InChI=1S/C29H23N5O3/c35-29(24-13-17-26(18-14-24)34(36)37)31-30-20-21-11-15-25(16-12-21)33-28(23-9-5-2-6-10-23)19-27(32-33)22-7-3-1-4-8-22/h1-18,20,28H,19H2,(H,31,35)/b30-20-/t28-/m0/s1. The van der Waals surface area contributed by atoms with Gasteiger partial charge in [-0.3, -0.25) is 19.9 Å². The van der Waals surface area contributed by atoms with Crippen LogP contribution in [0.15, 0.2) is 119 Å². The lowest BCUT2D eigenvalue weighted by Crippen LogP contribution is -2.18. The van der Waals surface area contributed by atoms with Gasteiger partial charge in [0.05, 0.1) is 28.6 Å². The number of nitrogens with zero attached hydrogens (tertiary/aromatic N) is 4. The van der Waals surface area contributed by atoms with E-state index in [9.17, 15) is 14.9 Å². The summed E-state index contributed by atoms with van der Waals surface area (Å²) in [5.41, 5.74) is 7.74. The predicted molar refractivity (Wildman–Crippen MR) is 144 cm³/mol. The monoisotopic (exact) mass is 489 g/mol. The molecule has 1 atom stereocenters. The van der Waals surface area contributed by atoms with Crippen molar-refractivity contribution in [3.63, 3.8) is 0 Å². The number of nitro groups is 1. The lowest BCUT2D eigenvalue weighted by Gasteiger charge is -2.24. The number of hydrazone groups is 2. The maximum atomic E-state index is 12.2. The number of hydrogen-bond acceptors (Lipinski definition) is 6. The van der Waals surface area contributed by atoms with Crippen LogP contribution >= 0.6 is 0 Å². The Balaban J connectivity index is 1.30. The van der Waals surface area contributed by atoms with Crippen molar-refractivity contribution in [1.29, 1.82) is 0 Å². The van der Waals surface area contributed by atoms with E-state index in [1.807, 2.05) is 60.7 Å². The lowest BCUT2D eigenvalue weighted by molar-refractivity contribution is -0.384. The van der Waals surface area contributed by atoms with Crippen molar-refractivity contribution in [2.75, 3.05) is 5.01 Å². The molecule has 4 aromatic carbocycles. The number of hydrogen-bond donors (Lipinski definition) is 1. The molecule has 0 unspecified atom stereocenters. The van der Waals surface area contributed by atoms with Gasteiger partial charge in [0.2, 0.25) is 0 Å². The van der Waals surface area contributed by atoms with Crippen LogP contribution in [0.4, 0.5) is 11.4 Å². The molecule has 1 heterocycles. The van der Waals surface area contributed by atoms with E-state index < -0.39 is 10.8 Å². The van der Waals surface area contributed by atoms with Gasteiger partial charge in [-0.15, -0.1) is 0 Å². The van der Waals surface area contributed by atoms with Crippen LogP contribution in [0.3, 0.4) is 0 Å². The first-order valence-corrected chi connectivity index (χ1v) is 11.7. The second kappa shape index (κ2) is 10.7. The van der Waals surface area contributed by atoms with Crippen LogP contribution in [0.25, 0.3) is 0 Å². The third-order valence-corrected chi connectivity index (χ3v) is 6.08. The molecule has 8 nitrogen and oxygen atoms in total. The molecule has 8 heteroatoms. The Hall–Kier alpha value is -5.11. The number of non-ortho nitro benzene ring substituents is 1. The molecule has 1 N–H and O–H groups in total. The van der Waals surface area contributed by atoms with Crippen LogP contribution in [-0.2, 0) is 0 Å². The second-order valence-electron chi connectivity index (χ2n) is 8.48. The first-order chi connectivity index (χ1) is 18.1. The largest absolute Gasteiger partial charge is 0.271 e. The van der Waals surface area contributed by atoms with E-state index in [1.54, 1.807) is 6.21 Å². The summed E-state index contributed by atoms with van der Waals surface area (Å²) in [5, 5.41) is 21.8. The Morgan fingerprint density at radius 2 is 1.57 bits per heavy atom. The van der Waals surface area contributed by atoms with Crippen LogP contribution in [0.5, 0.6) is 0 Å². The molecule has 5 rings (SSSR count). The summed E-state index contributed by atoms with van der Waals surface area (Å²) in [6.45, 7) is 0. The summed E-state index contributed by atoms with van der Waals surface area (Å²) in [7, 11) is 0. The number of carbonyl (C=O) groups is 1. The van der Waals surface area contributed by atoms with Gasteiger partial charge in [-0.2, -0.15) is 10.2 Å². The minimum absolute atomic E-state index is 0.0760. The average Bonchev–Trinajstić information content (AvgIpc) is 3.40. The van der Waals surface area contributed by atoms with Crippen molar-refractivity contribution in [2.24, 2.45) is 10.2 Å². The molecule has 0 radical (unpaired) electrons. The minimum Gasteiger partial charge on any atom is -0.267 e. The van der Waals surface area contributed by atoms with Crippen LogP contribution in [0.2, 0.25) is 0 Å². The van der Waals surface area contributed by atoms with Gasteiger partial charge in [0.15, 0.2) is 0 Å². The molecule has 1 amide bonds. The van der Waals surface area contributed by atoms with Crippen molar-refractivity contribution in [2.45, 2.75) is 12.5 Å². The van der Waals surface area contributed by atoms with Crippen molar-refractivity contribution < 1.29 is 9.72 Å². The molecule has 0 aromatic heterocycles. The molecule has 37 heavy (non-hydrogen) atoms. The fourth-order valence-corrected chi connectivity index (χ4v) is 4.17. The van der Waals surface area contributed by atoms with Gasteiger partial charge in [-0.1, -0.05) is 72.8 Å². The molecular weight excluding hydrogens is 466 g/mol. The summed E-state index contributed by atoms with van der Waals surface area (Å²) in [6.07, 6.45) is 2.34. The summed E-state index contributed by atoms with van der Waals surface area (Å²) in [5.74, 6) is -0.451. The molecule has 4 aromatic rings. The van der Waals surface area contributed by atoms with Crippen LogP contribution in [0, 0.1) is 10.1 Å². The van der Waals surface area contributed by atoms with E-state index >= 15 is 0 Å². The number of amides is 1. The number of anilines is 1. The fourth-order valence-electron chi connectivity index (χ4n) is 4.17. The van der Waals surface area contributed by atoms with Gasteiger partial charge < -0.3 is 0 Å². The number of rotatable bonds is 7. The predicted octanol–water partition coefficient (Wildman–Crippen LogP) is 5.71. The van der Waals surface area contributed by atoms with Crippen LogP contribution in [-0.4, -0.2) is 22.8 Å². The zero-order valence-electron chi connectivity index (χ0n) is 19.8. The normalized spacial score (nSPS) is 15.0. The van der Waals surface area contributed by atoms with E-state index in [4.69, 9.17) is 5.10 Å². The molecule has 0 fully saturated rings. The summed E-state index contributed by atoms with van der Waals surface area (Å²) in [4.78, 5) is 22.5. The first kappa shape index (κ1) is 23.6. The number of benzene rings is 4. The number of nitrogens with one attached hydrogen (secondary N) is 1. The van der Waals surface area contributed by atoms with Gasteiger partial charge in [-0.25, -0.2) is 5.43 Å². The van der Waals surface area contributed by atoms with Crippen molar-refractivity contribution in [3.8, 4) is 0 Å². The third-order valence-electron chi connectivity index (χ3n) is 6.08. The van der Waals surface area contributed by atoms with Crippen LogP contribution < -0.4 is 10.4 Å². The van der Waals surface area contributed by atoms with Gasteiger partial charge in [0, 0.05) is 24.1 Å². The topological polar surface area (TPSA) is 100 Å². The lowest BCUT2D eigenvalue weighted by atomic mass is 9.98. The molecule has 0 bridgehead atoms. The van der Waals surface area contributed by atoms with E-state index in [2.05, 4.69) is 39.8 Å². The average molecular weight is 490 g/mol. The van der Waals surface area contributed by atoms with E-state index in [0.29, 0.717) is 0 Å². The van der Waals surface area contributed by atoms with Gasteiger partial charge >= 0.3 is 0 Å². The Bertz CT molecular complexity index is 1450. The molecule has 0 saturated heterocycles. The Labute approximate surface area is 213 Å². The highest BCUT2D eigenvalue weighted by atomic mass is 16.6. The third kappa shape index (κ3) is 5.43. The number of nitro benzene ring substituents is 1. The maximum Gasteiger partial charge on any atom is 0.271 e. The van der Waals surface area contributed by atoms with E-state index in [-0.39, 0.29) is 17.3 Å².